The fourth-order valence-corrected chi connectivity index (χ4v) is 5.42. The Bertz CT molecular complexity index is 1050. The third-order valence-corrected chi connectivity index (χ3v) is 7.21. The molecule has 1 aromatic carbocycles. The number of hydrogen-bond donors (Lipinski definition) is 1. The zero-order chi connectivity index (χ0) is 22.1. The van der Waals surface area contributed by atoms with E-state index < -0.39 is 0 Å². The molecule has 166 valence electrons. The van der Waals surface area contributed by atoms with Crippen LogP contribution in [0.1, 0.15) is 53.0 Å². The Kier molecular flexibility index (Phi) is 5.90. The number of amides is 1. The number of hydrogen-bond acceptors (Lipinski definition) is 4. The van der Waals surface area contributed by atoms with Crippen molar-refractivity contribution in [2.24, 2.45) is 17.8 Å². The van der Waals surface area contributed by atoms with Crippen LogP contribution < -0.4 is 5.32 Å². The van der Waals surface area contributed by atoms with E-state index in [1.807, 2.05) is 12.1 Å². The Morgan fingerprint density at radius 3 is 2.72 bits per heavy atom. The summed E-state index contributed by atoms with van der Waals surface area (Å²) < 4.78 is 13.2. The molecule has 1 aliphatic heterocycles. The van der Waals surface area contributed by atoms with Crippen LogP contribution in [0.15, 0.2) is 48.5 Å². The van der Waals surface area contributed by atoms with Gasteiger partial charge in [0, 0.05) is 31.7 Å². The molecule has 5 nitrogen and oxygen atoms in total. The van der Waals surface area contributed by atoms with Crippen molar-refractivity contribution in [2.45, 2.75) is 45.2 Å². The highest BCUT2D eigenvalue weighted by Crippen LogP contribution is 2.55. The van der Waals surface area contributed by atoms with Crippen LogP contribution in [0.4, 0.5) is 4.39 Å². The Balaban J connectivity index is 1.19. The smallest absolute Gasteiger partial charge is 0.270 e. The zero-order valence-corrected chi connectivity index (χ0v) is 18.3. The van der Waals surface area contributed by atoms with Crippen molar-refractivity contribution >= 4 is 5.91 Å². The number of carbonyl (C=O) groups is 1. The van der Waals surface area contributed by atoms with Gasteiger partial charge in [-0.25, -0.2) is 14.4 Å². The van der Waals surface area contributed by atoms with E-state index in [0.29, 0.717) is 18.8 Å². The van der Waals surface area contributed by atoms with E-state index >= 15 is 0 Å². The molecule has 2 atom stereocenters. The van der Waals surface area contributed by atoms with Gasteiger partial charge in [-0.3, -0.25) is 9.69 Å². The second-order valence-corrected chi connectivity index (χ2v) is 9.50. The second kappa shape index (κ2) is 8.97. The highest BCUT2D eigenvalue weighted by atomic mass is 19.1. The summed E-state index contributed by atoms with van der Waals surface area (Å²) in [5, 5.41) is 3.03. The van der Waals surface area contributed by atoms with Crippen molar-refractivity contribution in [2.75, 3.05) is 13.1 Å². The first-order valence-corrected chi connectivity index (χ1v) is 11.5. The Morgan fingerprint density at radius 2 is 1.97 bits per heavy atom. The first-order chi connectivity index (χ1) is 15.6. The SMILES string of the molecule is C=C=C(CNC(=O)c1ncnc2c1CCN(Cc1ccc(F)cc1)C2)CC1CC2CC2C1. The minimum atomic E-state index is -0.226. The van der Waals surface area contributed by atoms with Crippen LogP contribution in [0.25, 0.3) is 0 Å². The van der Waals surface area contributed by atoms with Gasteiger partial charge in [0.1, 0.15) is 17.8 Å². The summed E-state index contributed by atoms with van der Waals surface area (Å²) in [6.45, 7) is 6.49. The largest absolute Gasteiger partial charge is 0.346 e. The number of benzene rings is 1. The molecule has 3 aliphatic rings. The van der Waals surface area contributed by atoms with Gasteiger partial charge in [0.25, 0.3) is 5.91 Å². The number of carbonyl (C=O) groups excluding carboxylic acids is 1. The number of rotatable bonds is 7. The molecular formula is C26H29FN4O. The van der Waals surface area contributed by atoms with Gasteiger partial charge < -0.3 is 5.32 Å². The molecule has 2 heterocycles. The van der Waals surface area contributed by atoms with Gasteiger partial charge in [-0.1, -0.05) is 18.7 Å². The third kappa shape index (κ3) is 4.67. The van der Waals surface area contributed by atoms with Gasteiger partial charge in [-0.15, -0.1) is 5.73 Å². The quantitative estimate of drug-likeness (QED) is 0.671. The molecular weight excluding hydrogens is 403 g/mol. The number of nitrogens with zero attached hydrogens (tertiary/aromatic N) is 3. The normalized spacial score (nSPS) is 23.7. The van der Waals surface area contributed by atoms with Gasteiger partial charge in [-0.05, 0) is 73.1 Å². The molecule has 2 unspecified atom stereocenters. The van der Waals surface area contributed by atoms with E-state index in [2.05, 4.69) is 32.5 Å². The highest BCUT2D eigenvalue weighted by molar-refractivity contribution is 5.94. The van der Waals surface area contributed by atoms with Crippen molar-refractivity contribution in [3.8, 4) is 0 Å². The van der Waals surface area contributed by atoms with E-state index in [9.17, 15) is 9.18 Å². The van der Waals surface area contributed by atoms with Crippen molar-refractivity contribution in [3.05, 3.63) is 76.8 Å². The van der Waals surface area contributed by atoms with Gasteiger partial charge >= 0.3 is 0 Å². The fraction of sp³-hybridized carbons (Fsp3) is 0.462. The first-order valence-electron chi connectivity index (χ1n) is 11.5. The summed E-state index contributed by atoms with van der Waals surface area (Å²) in [5.74, 6) is 2.25. The van der Waals surface area contributed by atoms with Crippen LogP contribution in [0.2, 0.25) is 0 Å². The van der Waals surface area contributed by atoms with Gasteiger partial charge in [-0.2, -0.15) is 0 Å². The van der Waals surface area contributed by atoms with E-state index in [4.69, 9.17) is 0 Å². The summed E-state index contributed by atoms with van der Waals surface area (Å²) in [4.78, 5) is 23.9. The molecule has 6 heteroatoms. The average Bonchev–Trinajstić information content (AvgIpc) is 3.42. The van der Waals surface area contributed by atoms with Crippen molar-refractivity contribution in [3.63, 3.8) is 0 Å². The number of nitrogens with one attached hydrogen (secondary N) is 1. The monoisotopic (exact) mass is 432 g/mol. The zero-order valence-electron chi connectivity index (χ0n) is 18.3. The molecule has 0 radical (unpaired) electrons. The maximum Gasteiger partial charge on any atom is 0.270 e. The third-order valence-electron chi connectivity index (χ3n) is 7.21. The molecule has 0 spiro atoms. The standard InChI is InChI=1S/C26H29FN4O/c1-2-17(9-19-10-20-12-21(20)11-19)13-28-26(32)25-23-7-8-31(15-24(23)29-16-30-25)14-18-3-5-22(27)6-4-18/h3-6,16,19-21H,1,7-15H2,(H,28,32). The Hall–Kier alpha value is -2.82. The summed E-state index contributed by atoms with van der Waals surface area (Å²) in [6, 6.07) is 6.59. The van der Waals surface area contributed by atoms with E-state index in [1.54, 1.807) is 0 Å². The van der Waals surface area contributed by atoms with Gasteiger partial charge in [0.05, 0.1) is 5.69 Å². The molecule has 1 N–H and O–H groups in total. The molecule has 5 rings (SSSR count). The molecule has 0 saturated heterocycles. The topological polar surface area (TPSA) is 58.1 Å². The van der Waals surface area contributed by atoms with E-state index in [-0.39, 0.29) is 11.7 Å². The van der Waals surface area contributed by atoms with E-state index in [1.165, 1.54) is 37.7 Å². The number of fused-ring (bicyclic) bond motifs is 2. The second-order valence-electron chi connectivity index (χ2n) is 9.50. The molecule has 2 aromatic rings. The summed E-state index contributed by atoms with van der Waals surface area (Å²) in [5.41, 5.74) is 7.49. The number of aromatic nitrogens is 2. The van der Waals surface area contributed by atoms with Crippen LogP contribution in [0, 0.1) is 23.6 Å². The maximum atomic E-state index is 13.2. The summed E-state index contributed by atoms with van der Waals surface area (Å²) in [7, 11) is 0. The lowest BCUT2D eigenvalue weighted by molar-refractivity contribution is 0.0948. The molecule has 2 aliphatic carbocycles. The first kappa shape index (κ1) is 21.0. The minimum absolute atomic E-state index is 0.155. The lowest BCUT2D eigenvalue weighted by atomic mass is 9.95. The molecule has 0 bridgehead atoms. The lowest BCUT2D eigenvalue weighted by Crippen LogP contribution is -2.34. The summed E-state index contributed by atoms with van der Waals surface area (Å²) >= 11 is 0. The Morgan fingerprint density at radius 1 is 1.19 bits per heavy atom. The predicted molar refractivity (Wildman–Crippen MR) is 120 cm³/mol. The average molecular weight is 433 g/mol. The van der Waals surface area contributed by atoms with Crippen LogP contribution >= 0.6 is 0 Å². The van der Waals surface area contributed by atoms with Gasteiger partial charge in [0.2, 0.25) is 0 Å². The molecule has 2 fully saturated rings. The van der Waals surface area contributed by atoms with E-state index in [0.717, 1.165) is 66.1 Å². The van der Waals surface area contributed by atoms with Crippen molar-refractivity contribution in [1.29, 1.82) is 0 Å². The number of halogens is 1. The predicted octanol–water partition coefficient (Wildman–Crippen LogP) is 4.05. The molecule has 2 saturated carbocycles. The molecule has 32 heavy (non-hydrogen) atoms. The van der Waals surface area contributed by atoms with Crippen LogP contribution in [0.3, 0.4) is 0 Å². The van der Waals surface area contributed by atoms with Gasteiger partial charge in [0.15, 0.2) is 0 Å². The fourth-order valence-electron chi connectivity index (χ4n) is 5.42. The lowest BCUT2D eigenvalue weighted by Gasteiger charge is -2.28. The maximum absolute atomic E-state index is 13.2. The molecule has 1 aromatic heterocycles. The molecule has 1 amide bonds. The minimum Gasteiger partial charge on any atom is -0.346 e. The highest BCUT2D eigenvalue weighted by Gasteiger charge is 2.45. The Labute approximate surface area is 188 Å². The van der Waals surface area contributed by atoms with Crippen molar-refractivity contribution in [1.82, 2.24) is 20.2 Å². The van der Waals surface area contributed by atoms with Crippen LogP contribution in [-0.4, -0.2) is 33.9 Å². The summed E-state index contributed by atoms with van der Waals surface area (Å²) in [6.07, 6.45) is 7.23. The van der Waals surface area contributed by atoms with Crippen LogP contribution in [0.5, 0.6) is 0 Å². The van der Waals surface area contributed by atoms with Crippen molar-refractivity contribution < 1.29 is 9.18 Å². The van der Waals surface area contributed by atoms with Crippen LogP contribution in [-0.2, 0) is 19.5 Å².